The molecule has 1 heterocycles. The topological polar surface area (TPSA) is 66.5 Å². The van der Waals surface area contributed by atoms with E-state index in [1.54, 1.807) is 0 Å². The molecule has 0 aliphatic carbocycles. The minimum absolute atomic E-state index is 0.0756. The maximum atomic E-state index is 12.7. The van der Waals surface area contributed by atoms with Crippen LogP contribution in [0.25, 0.3) is 0 Å². The Bertz CT molecular complexity index is 991. The molecule has 1 aliphatic rings. The van der Waals surface area contributed by atoms with Gasteiger partial charge in [0.25, 0.3) is 5.91 Å². The van der Waals surface area contributed by atoms with Crippen molar-refractivity contribution in [2.45, 2.75) is 37.8 Å². The van der Waals surface area contributed by atoms with Crippen molar-refractivity contribution in [1.82, 2.24) is 10.2 Å². The van der Waals surface area contributed by atoms with E-state index in [1.807, 2.05) is 18.2 Å². The molecule has 2 aromatic carbocycles. The van der Waals surface area contributed by atoms with Gasteiger partial charge < -0.3 is 5.32 Å². The van der Waals surface area contributed by atoms with E-state index in [0.29, 0.717) is 12.5 Å². The number of likely N-dealkylation sites (tertiary alicyclic amines) is 1. The smallest absolute Gasteiger partial charge is 0.253 e. The van der Waals surface area contributed by atoms with Gasteiger partial charge in [-0.25, -0.2) is 8.42 Å². The Labute approximate surface area is 178 Å². The fraction of sp³-hybridized carbons (Fsp3) is 0.409. The van der Waals surface area contributed by atoms with E-state index in [-0.39, 0.29) is 21.4 Å². The molecule has 0 aromatic heterocycles. The number of carbonyl (C=O) groups is 1. The molecule has 1 atom stereocenters. The molecular weight excluding hydrogens is 408 g/mol. The average molecular weight is 435 g/mol. The van der Waals surface area contributed by atoms with Crippen LogP contribution in [0, 0.1) is 5.92 Å². The fourth-order valence-electron chi connectivity index (χ4n) is 3.74. The number of nitrogens with one attached hydrogen (secondary N) is 1. The van der Waals surface area contributed by atoms with Gasteiger partial charge in [0.15, 0.2) is 9.84 Å². The van der Waals surface area contributed by atoms with E-state index in [4.69, 9.17) is 11.6 Å². The summed E-state index contributed by atoms with van der Waals surface area (Å²) in [5, 5.41) is 3.11. The first kappa shape index (κ1) is 21.8. The zero-order chi connectivity index (χ0) is 21.0. The Morgan fingerprint density at radius 2 is 1.93 bits per heavy atom. The second-order valence-corrected chi connectivity index (χ2v) is 10.3. The highest BCUT2D eigenvalue weighted by molar-refractivity contribution is 7.90. The third kappa shape index (κ3) is 5.81. The van der Waals surface area contributed by atoms with E-state index in [0.717, 1.165) is 31.5 Å². The van der Waals surface area contributed by atoms with Crippen LogP contribution < -0.4 is 5.32 Å². The number of rotatable bonds is 6. The minimum Gasteiger partial charge on any atom is -0.348 e. The second kappa shape index (κ2) is 9.28. The molecule has 0 radical (unpaired) electrons. The summed E-state index contributed by atoms with van der Waals surface area (Å²) in [5.41, 5.74) is 2.41. The van der Waals surface area contributed by atoms with E-state index < -0.39 is 9.84 Å². The fourth-order valence-corrected chi connectivity index (χ4v) is 4.59. The highest BCUT2D eigenvalue weighted by Gasteiger charge is 2.18. The normalized spacial score (nSPS) is 17.8. The third-order valence-electron chi connectivity index (χ3n) is 5.30. The van der Waals surface area contributed by atoms with Crippen LogP contribution in [0.5, 0.6) is 0 Å². The van der Waals surface area contributed by atoms with Crippen LogP contribution in [0.15, 0.2) is 47.4 Å². The van der Waals surface area contributed by atoms with Crippen LogP contribution in [-0.2, 0) is 22.9 Å². The largest absolute Gasteiger partial charge is 0.348 e. The predicted molar refractivity (Wildman–Crippen MR) is 116 cm³/mol. The van der Waals surface area contributed by atoms with Gasteiger partial charge in [0.1, 0.15) is 0 Å². The zero-order valence-corrected chi connectivity index (χ0v) is 18.4. The number of halogens is 1. The summed E-state index contributed by atoms with van der Waals surface area (Å²) >= 11 is 6.13. The maximum Gasteiger partial charge on any atom is 0.253 e. The predicted octanol–water partition coefficient (Wildman–Crippen LogP) is 3.91. The van der Waals surface area contributed by atoms with Crippen LogP contribution in [0.4, 0.5) is 0 Å². The van der Waals surface area contributed by atoms with Gasteiger partial charge in [-0.05, 0) is 54.6 Å². The summed E-state index contributed by atoms with van der Waals surface area (Å²) < 4.78 is 23.6. The number of sulfone groups is 1. The van der Waals surface area contributed by atoms with Crippen molar-refractivity contribution in [3.63, 3.8) is 0 Å². The van der Waals surface area contributed by atoms with Gasteiger partial charge in [0, 0.05) is 25.9 Å². The first-order chi connectivity index (χ1) is 13.7. The molecule has 1 aliphatic heterocycles. The van der Waals surface area contributed by atoms with Gasteiger partial charge in [-0.15, -0.1) is 0 Å². The molecule has 1 unspecified atom stereocenters. The van der Waals surface area contributed by atoms with Crippen molar-refractivity contribution in [2.24, 2.45) is 5.92 Å². The number of hydrogen-bond acceptors (Lipinski definition) is 4. The quantitative estimate of drug-likeness (QED) is 0.748. The summed E-state index contributed by atoms with van der Waals surface area (Å²) in [7, 11) is -3.41. The van der Waals surface area contributed by atoms with Gasteiger partial charge in [-0.1, -0.05) is 42.8 Å². The Hall–Kier alpha value is -1.89. The monoisotopic (exact) mass is 434 g/mol. The van der Waals surface area contributed by atoms with Gasteiger partial charge in [0.2, 0.25) is 0 Å². The van der Waals surface area contributed by atoms with E-state index in [2.05, 4.69) is 23.2 Å². The lowest BCUT2D eigenvalue weighted by molar-refractivity contribution is 0.0950. The Morgan fingerprint density at radius 3 is 2.62 bits per heavy atom. The standard InChI is InChI=1S/C22H27ClN2O3S/c1-16-6-5-11-25(14-16)15-18-8-4-3-7-17(18)13-24-22(26)20-12-19(29(2,27)28)9-10-21(20)23/h3-4,7-10,12,16H,5-6,11,13-15H2,1-2H3,(H,24,26). The lowest BCUT2D eigenvalue weighted by atomic mass is 9.99. The van der Waals surface area contributed by atoms with E-state index in [1.165, 1.54) is 36.6 Å². The Morgan fingerprint density at radius 1 is 1.21 bits per heavy atom. The molecule has 2 aromatic rings. The molecule has 7 heteroatoms. The van der Waals surface area contributed by atoms with Crippen LogP contribution in [-0.4, -0.2) is 38.6 Å². The maximum absolute atomic E-state index is 12.7. The number of nitrogens with zero attached hydrogens (tertiary/aromatic N) is 1. The SMILES string of the molecule is CC1CCCN(Cc2ccccc2CNC(=O)c2cc(S(C)(=O)=O)ccc2Cl)C1. The number of piperidine rings is 1. The van der Waals surface area contributed by atoms with Gasteiger partial charge in [0.05, 0.1) is 15.5 Å². The van der Waals surface area contributed by atoms with Crippen LogP contribution in [0.1, 0.15) is 41.3 Å². The number of carbonyl (C=O) groups excluding carboxylic acids is 1. The molecule has 156 valence electrons. The molecule has 1 amide bonds. The van der Waals surface area contributed by atoms with Crippen LogP contribution in [0.3, 0.4) is 0 Å². The minimum atomic E-state index is -3.41. The summed E-state index contributed by atoms with van der Waals surface area (Å²) in [5.74, 6) is 0.321. The molecule has 0 saturated carbocycles. The van der Waals surface area contributed by atoms with Crippen LogP contribution >= 0.6 is 11.6 Å². The van der Waals surface area contributed by atoms with Crippen molar-refractivity contribution in [1.29, 1.82) is 0 Å². The number of benzene rings is 2. The molecular formula is C22H27ClN2O3S. The molecule has 5 nitrogen and oxygen atoms in total. The van der Waals surface area contributed by atoms with E-state index in [9.17, 15) is 13.2 Å². The van der Waals surface area contributed by atoms with E-state index >= 15 is 0 Å². The molecule has 3 rings (SSSR count). The van der Waals surface area contributed by atoms with Crippen molar-refractivity contribution >= 4 is 27.3 Å². The first-order valence-corrected chi connectivity index (χ1v) is 12.1. The highest BCUT2D eigenvalue weighted by atomic mass is 35.5. The molecule has 1 saturated heterocycles. The number of amides is 1. The number of hydrogen-bond donors (Lipinski definition) is 1. The average Bonchev–Trinajstić information content (AvgIpc) is 2.66. The van der Waals surface area contributed by atoms with Crippen molar-refractivity contribution in [3.05, 3.63) is 64.2 Å². The zero-order valence-electron chi connectivity index (χ0n) is 16.8. The summed E-state index contributed by atoms with van der Waals surface area (Å²) in [6.07, 6.45) is 3.60. The second-order valence-electron chi connectivity index (χ2n) is 7.85. The molecule has 1 fully saturated rings. The summed E-state index contributed by atoms with van der Waals surface area (Å²) in [6, 6.07) is 12.3. The lowest BCUT2D eigenvalue weighted by Crippen LogP contribution is -2.34. The van der Waals surface area contributed by atoms with Gasteiger partial charge in [-0.2, -0.15) is 0 Å². The molecule has 29 heavy (non-hydrogen) atoms. The van der Waals surface area contributed by atoms with Crippen molar-refractivity contribution in [3.8, 4) is 0 Å². The molecule has 0 spiro atoms. The first-order valence-electron chi connectivity index (χ1n) is 9.81. The summed E-state index contributed by atoms with van der Waals surface area (Å²) in [6.45, 7) is 5.69. The highest BCUT2D eigenvalue weighted by Crippen LogP contribution is 2.22. The van der Waals surface area contributed by atoms with Crippen LogP contribution in [0.2, 0.25) is 5.02 Å². The lowest BCUT2D eigenvalue weighted by Gasteiger charge is -2.31. The van der Waals surface area contributed by atoms with Crippen molar-refractivity contribution in [2.75, 3.05) is 19.3 Å². The van der Waals surface area contributed by atoms with Gasteiger partial charge in [-0.3, -0.25) is 9.69 Å². The van der Waals surface area contributed by atoms with Crippen molar-refractivity contribution < 1.29 is 13.2 Å². The Balaban J connectivity index is 1.71. The molecule has 1 N–H and O–H groups in total. The summed E-state index contributed by atoms with van der Waals surface area (Å²) in [4.78, 5) is 15.2. The molecule has 0 bridgehead atoms. The Kier molecular flexibility index (Phi) is 6.98. The van der Waals surface area contributed by atoms with Gasteiger partial charge >= 0.3 is 0 Å². The third-order valence-corrected chi connectivity index (χ3v) is 6.74.